The Morgan fingerprint density at radius 1 is 1.30 bits per heavy atom. The summed E-state index contributed by atoms with van der Waals surface area (Å²) in [7, 11) is 2.84. The van der Waals surface area contributed by atoms with Gasteiger partial charge in [-0.05, 0) is 31.5 Å². The number of benzene rings is 1. The SMILES string of the molecule is CONC(=O)c1cn(C)c(=O)c(C)c1Nc1ccc(C)cc1F. The highest BCUT2D eigenvalue weighted by Crippen LogP contribution is 2.25. The molecule has 2 rings (SSSR count). The molecule has 0 aliphatic carbocycles. The number of hydrogen-bond donors (Lipinski definition) is 2. The number of amides is 1. The molecule has 7 heteroatoms. The van der Waals surface area contributed by atoms with Gasteiger partial charge in [-0.2, -0.15) is 0 Å². The van der Waals surface area contributed by atoms with Gasteiger partial charge < -0.3 is 9.88 Å². The molecule has 1 heterocycles. The van der Waals surface area contributed by atoms with Gasteiger partial charge in [0.25, 0.3) is 11.5 Å². The van der Waals surface area contributed by atoms with E-state index in [-0.39, 0.29) is 22.5 Å². The zero-order valence-electron chi connectivity index (χ0n) is 13.4. The Bertz CT molecular complexity index is 815. The van der Waals surface area contributed by atoms with E-state index in [1.165, 1.54) is 31.0 Å². The van der Waals surface area contributed by atoms with E-state index in [9.17, 15) is 14.0 Å². The molecule has 0 saturated carbocycles. The first-order valence-corrected chi connectivity index (χ1v) is 6.92. The molecule has 6 nitrogen and oxygen atoms in total. The number of rotatable bonds is 4. The molecule has 0 fully saturated rings. The van der Waals surface area contributed by atoms with Crippen LogP contribution < -0.4 is 16.4 Å². The van der Waals surface area contributed by atoms with Crippen LogP contribution in [0.5, 0.6) is 0 Å². The smallest absolute Gasteiger partial charge is 0.278 e. The molecule has 23 heavy (non-hydrogen) atoms. The maximum Gasteiger partial charge on any atom is 0.278 e. The summed E-state index contributed by atoms with van der Waals surface area (Å²) in [6.45, 7) is 3.34. The van der Waals surface area contributed by atoms with Crippen molar-refractivity contribution >= 4 is 17.3 Å². The molecule has 0 radical (unpaired) electrons. The third-order valence-electron chi connectivity index (χ3n) is 3.43. The number of pyridine rings is 1. The van der Waals surface area contributed by atoms with E-state index >= 15 is 0 Å². The molecule has 1 aromatic carbocycles. The van der Waals surface area contributed by atoms with Gasteiger partial charge in [0.05, 0.1) is 24.0 Å². The first-order valence-electron chi connectivity index (χ1n) is 6.92. The summed E-state index contributed by atoms with van der Waals surface area (Å²) in [5, 5.41) is 2.84. The van der Waals surface area contributed by atoms with Crippen LogP contribution in [0.2, 0.25) is 0 Å². The summed E-state index contributed by atoms with van der Waals surface area (Å²) in [6.07, 6.45) is 1.37. The minimum atomic E-state index is -0.541. The van der Waals surface area contributed by atoms with Crippen LogP contribution in [0, 0.1) is 19.7 Å². The van der Waals surface area contributed by atoms with Gasteiger partial charge in [0.1, 0.15) is 5.82 Å². The molecule has 0 atom stereocenters. The second-order valence-corrected chi connectivity index (χ2v) is 5.20. The highest BCUT2D eigenvalue weighted by Gasteiger charge is 2.18. The molecule has 0 aliphatic heterocycles. The van der Waals surface area contributed by atoms with E-state index in [1.54, 1.807) is 26.0 Å². The van der Waals surface area contributed by atoms with Crippen molar-refractivity contribution in [3.63, 3.8) is 0 Å². The number of nitrogens with zero attached hydrogens (tertiary/aromatic N) is 1. The quantitative estimate of drug-likeness (QED) is 0.847. The molecule has 0 unspecified atom stereocenters. The van der Waals surface area contributed by atoms with Crippen LogP contribution in [0.15, 0.2) is 29.2 Å². The fourth-order valence-corrected chi connectivity index (χ4v) is 2.23. The van der Waals surface area contributed by atoms with E-state index in [0.29, 0.717) is 5.56 Å². The minimum Gasteiger partial charge on any atom is -0.352 e. The summed E-state index contributed by atoms with van der Waals surface area (Å²) in [6, 6.07) is 4.66. The molecule has 0 aliphatic rings. The molecule has 1 aromatic heterocycles. The topological polar surface area (TPSA) is 72.4 Å². The summed E-state index contributed by atoms with van der Waals surface area (Å²) < 4.78 is 15.3. The van der Waals surface area contributed by atoms with Crippen molar-refractivity contribution in [2.75, 3.05) is 12.4 Å². The Morgan fingerprint density at radius 3 is 2.61 bits per heavy atom. The number of halogens is 1. The molecule has 0 spiro atoms. The Hall–Kier alpha value is -2.67. The van der Waals surface area contributed by atoms with Crippen molar-refractivity contribution in [3.8, 4) is 0 Å². The molecule has 2 aromatic rings. The van der Waals surface area contributed by atoms with Crippen molar-refractivity contribution in [1.82, 2.24) is 10.0 Å². The number of carbonyl (C=O) groups excluding carboxylic acids is 1. The number of aryl methyl sites for hydroxylation is 2. The van der Waals surface area contributed by atoms with E-state index < -0.39 is 11.7 Å². The molecular weight excluding hydrogens is 301 g/mol. The van der Waals surface area contributed by atoms with E-state index in [2.05, 4.69) is 15.6 Å². The molecule has 0 saturated heterocycles. The molecular formula is C16H18FN3O3. The van der Waals surface area contributed by atoms with Gasteiger partial charge in [-0.15, -0.1) is 0 Å². The van der Waals surface area contributed by atoms with Gasteiger partial charge in [-0.3, -0.25) is 14.4 Å². The summed E-state index contributed by atoms with van der Waals surface area (Å²) in [5.41, 5.74) is 3.58. The minimum absolute atomic E-state index is 0.173. The second-order valence-electron chi connectivity index (χ2n) is 5.20. The van der Waals surface area contributed by atoms with Gasteiger partial charge in [-0.1, -0.05) is 6.07 Å². The lowest BCUT2D eigenvalue weighted by Crippen LogP contribution is -2.28. The summed E-state index contributed by atoms with van der Waals surface area (Å²) >= 11 is 0. The van der Waals surface area contributed by atoms with Gasteiger partial charge >= 0.3 is 0 Å². The zero-order chi connectivity index (χ0) is 17.1. The van der Waals surface area contributed by atoms with Crippen molar-refractivity contribution in [2.24, 2.45) is 7.05 Å². The van der Waals surface area contributed by atoms with Crippen LogP contribution in [0.3, 0.4) is 0 Å². The van der Waals surface area contributed by atoms with Gasteiger partial charge in [-0.25, -0.2) is 9.87 Å². The Kier molecular flexibility index (Phi) is 4.80. The fraction of sp³-hybridized carbons (Fsp3) is 0.250. The van der Waals surface area contributed by atoms with Crippen LogP contribution in [0.1, 0.15) is 21.5 Å². The van der Waals surface area contributed by atoms with Gasteiger partial charge in [0.15, 0.2) is 0 Å². The van der Waals surface area contributed by atoms with Crippen LogP contribution in [0.4, 0.5) is 15.8 Å². The van der Waals surface area contributed by atoms with Gasteiger partial charge in [0.2, 0.25) is 0 Å². The van der Waals surface area contributed by atoms with Crippen LogP contribution in [0.25, 0.3) is 0 Å². The lowest BCUT2D eigenvalue weighted by Gasteiger charge is -2.16. The number of hydroxylamine groups is 1. The lowest BCUT2D eigenvalue weighted by molar-refractivity contribution is 0.0537. The van der Waals surface area contributed by atoms with E-state index in [1.807, 2.05) is 0 Å². The summed E-state index contributed by atoms with van der Waals surface area (Å²) in [5.74, 6) is -1.01. The number of anilines is 2. The first-order chi connectivity index (χ1) is 10.8. The Morgan fingerprint density at radius 2 is 2.00 bits per heavy atom. The highest BCUT2D eigenvalue weighted by molar-refractivity contribution is 6.00. The van der Waals surface area contributed by atoms with Crippen LogP contribution in [-0.4, -0.2) is 17.6 Å². The maximum atomic E-state index is 14.1. The van der Waals surface area contributed by atoms with Crippen LogP contribution >= 0.6 is 0 Å². The fourth-order valence-electron chi connectivity index (χ4n) is 2.23. The lowest BCUT2D eigenvalue weighted by atomic mass is 10.1. The second kappa shape index (κ2) is 6.62. The van der Waals surface area contributed by atoms with Crippen molar-refractivity contribution in [1.29, 1.82) is 0 Å². The van der Waals surface area contributed by atoms with Crippen LogP contribution in [-0.2, 0) is 11.9 Å². The molecule has 1 amide bonds. The first kappa shape index (κ1) is 16.7. The molecule has 122 valence electrons. The standard InChI is InChI=1S/C16H18FN3O3/c1-9-5-6-13(12(17)7-9)18-14-10(2)16(22)20(3)8-11(14)15(21)19-23-4/h5-8,18H,1-4H3,(H,19,21). The van der Waals surface area contributed by atoms with Gasteiger partial charge in [0, 0.05) is 18.8 Å². The molecule has 2 N–H and O–H groups in total. The summed E-state index contributed by atoms with van der Waals surface area (Å²) in [4.78, 5) is 28.9. The Balaban J connectivity index is 2.57. The predicted molar refractivity (Wildman–Crippen MR) is 85.3 cm³/mol. The number of hydrogen-bond acceptors (Lipinski definition) is 4. The van der Waals surface area contributed by atoms with Crippen molar-refractivity contribution in [2.45, 2.75) is 13.8 Å². The third-order valence-corrected chi connectivity index (χ3v) is 3.43. The average molecular weight is 319 g/mol. The third kappa shape index (κ3) is 3.40. The maximum absolute atomic E-state index is 14.1. The average Bonchev–Trinajstić information content (AvgIpc) is 2.50. The largest absolute Gasteiger partial charge is 0.352 e. The predicted octanol–water partition coefficient (Wildman–Crippen LogP) is 2.18. The molecule has 0 bridgehead atoms. The van der Waals surface area contributed by atoms with E-state index in [4.69, 9.17) is 0 Å². The van der Waals surface area contributed by atoms with Crippen molar-refractivity contribution in [3.05, 3.63) is 57.3 Å². The zero-order valence-corrected chi connectivity index (χ0v) is 13.4. The number of nitrogens with one attached hydrogen (secondary N) is 2. The monoisotopic (exact) mass is 319 g/mol. The van der Waals surface area contributed by atoms with Crippen molar-refractivity contribution < 1.29 is 14.0 Å². The van der Waals surface area contributed by atoms with E-state index in [0.717, 1.165) is 5.56 Å². The highest BCUT2D eigenvalue weighted by atomic mass is 19.1. The number of aromatic nitrogens is 1. The number of carbonyl (C=O) groups is 1. The Labute approximate surface area is 132 Å². The normalized spacial score (nSPS) is 10.5.